The normalized spacial score (nSPS) is 11.7. The van der Waals surface area contributed by atoms with E-state index in [9.17, 15) is 0 Å². The molecular formula is C32H20N6. The van der Waals surface area contributed by atoms with Crippen molar-refractivity contribution in [3.8, 4) is 22.8 Å². The van der Waals surface area contributed by atoms with Crippen molar-refractivity contribution in [1.82, 2.24) is 29.1 Å². The topological polar surface area (TPSA) is 61.4 Å². The van der Waals surface area contributed by atoms with Crippen molar-refractivity contribution in [2.24, 2.45) is 0 Å². The van der Waals surface area contributed by atoms with Crippen molar-refractivity contribution >= 4 is 44.0 Å². The van der Waals surface area contributed by atoms with Crippen LogP contribution >= 0.6 is 0 Å². The number of nitrogens with zero attached hydrogens (tertiary/aromatic N) is 6. The van der Waals surface area contributed by atoms with Crippen LogP contribution in [0.2, 0.25) is 0 Å². The van der Waals surface area contributed by atoms with E-state index in [1.807, 2.05) is 48.8 Å². The molecule has 38 heavy (non-hydrogen) atoms. The third kappa shape index (κ3) is 3.01. The lowest BCUT2D eigenvalue weighted by Crippen LogP contribution is -1.97. The number of hydrogen-bond acceptors (Lipinski definition) is 4. The number of pyridine rings is 4. The van der Waals surface area contributed by atoms with E-state index < -0.39 is 0 Å². The maximum Gasteiger partial charge on any atom is 0.116 e. The van der Waals surface area contributed by atoms with Gasteiger partial charge in [-0.05, 0) is 60.7 Å². The molecule has 0 aliphatic rings. The predicted molar refractivity (Wildman–Crippen MR) is 152 cm³/mol. The zero-order valence-electron chi connectivity index (χ0n) is 20.2. The fourth-order valence-electron chi connectivity index (χ4n) is 5.41. The van der Waals surface area contributed by atoms with Crippen molar-refractivity contribution in [3.05, 3.63) is 122 Å². The zero-order chi connectivity index (χ0) is 25.1. The minimum absolute atomic E-state index is 0.839. The molecule has 178 valence electrons. The van der Waals surface area contributed by atoms with Gasteiger partial charge in [-0.3, -0.25) is 15.0 Å². The second kappa shape index (κ2) is 8.08. The average Bonchev–Trinajstić information content (AvgIpc) is 3.49. The van der Waals surface area contributed by atoms with Crippen LogP contribution in [0.3, 0.4) is 0 Å². The molecule has 0 aliphatic heterocycles. The summed E-state index contributed by atoms with van der Waals surface area (Å²) in [6, 6.07) is 35.1. The van der Waals surface area contributed by atoms with Crippen molar-refractivity contribution in [3.63, 3.8) is 0 Å². The number of aromatic nitrogens is 6. The van der Waals surface area contributed by atoms with E-state index in [0.29, 0.717) is 0 Å². The van der Waals surface area contributed by atoms with E-state index in [-0.39, 0.29) is 0 Å². The number of para-hydroxylation sites is 2. The Morgan fingerprint density at radius 3 is 2.03 bits per heavy atom. The number of rotatable bonds is 3. The Morgan fingerprint density at radius 2 is 1.18 bits per heavy atom. The molecule has 8 rings (SSSR count). The molecule has 6 heteroatoms. The second-order valence-corrected chi connectivity index (χ2v) is 9.24. The van der Waals surface area contributed by atoms with Gasteiger partial charge in [-0.1, -0.05) is 42.5 Å². The summed E-state index contributed by atoms with van der Waals surface area (Å²) in [6.45, 7) is 0. The number of hydrogen-bond donors (Lipinski definition) is 0. The monoisotopic (exact) mass is 488 g/mol. The lowest BCUT2D eigenvalue weighted by Gasteiger charge is -2.10. The van der Waals surface area contributed by atoms with Crippen molar-refractivity contribution in [2.75, 3.05) is 0 Å². The van der Waals surface area contributed by atoms with Crippen LogP contribution in [0.5, 0.6) is 0 Å². The molecule has 8 aromatic rings. The van der Waals surface area contributed by atoms with Gasteiger partial charge in [-0.15, -0.1) is 0 Å². The zero-order valence-corrected chi connectivity index (χ0v) is 20.2. The van der Waals surface area contributed by atoms with Gasteiger partial charge in [0, 0.05) is 23.5 Å². The molecule has 0 atom stereocenters. The third-order valence-corrected chi connectivity index (χ3v) is 7.06. The molecule has 0 spiro atoms. The largest absolute Gasteiger partial charge is 0.306 e. The van der Waals surface area contributed by atoms with Crippen LogP contribution in [0.25, 0.3) is 66.8 Å². The van der Waals surface area contributed by atoms with E-state index >= 15 is 0 Å². The SMILES string of the molecule is c1ccc(-n2c3cccnc3c3nc4c5ccccc5n(-c5ccc(-c6ccccn6)nc5)c4cc32)cc1. The summed E-state index contributed by atoms with van der Waals surface area (Å²) in [5, 5.41) is 1.09. The maximum atomic E-state index is 5.26. The Bertz CT molecular complexity index is 2110. The average molecular weight is 489 g/mol. The predicted octanol–water partition coefficient (Wildman–Crippen LogP) is 7.13. The fraction of sp³-hybridized carbons (Fsp3) is 0. The highest BCUT2D eigenvalue weighted by atomic mass is 15.1. The summed E-state index contributed by atoms with van der Waals surface area (Å²) in [5.41, 5.74) is 10.6. The molecular weight excluding hydrogens is 468 g/mol. The Hall–Kier alpha value is -5.36. The van der Waals surface area contributed by atoms with Crippen LogP contribution in [0.15, 0.2) is 122 Å². The van der Waals surface area contributed by atoms with Crippen LogP contribution in [-0.4, -0.2) is 29.1 Å². The molecule has 0 saturated carbocycles. The van der Waals surface area contributed by atoms with E-state index in [1.54, 1.807) is 6.20 Å². The molecule has 6 aromatic heterocycles. The van der Waals surface area contributed by atoms with E-state index in [4.69, 9.17) is 15.0 Å². The van der Waals surface area contributed by atoms with Crippen molar-refractivity contribution < 1.29 is 0 Å². The first kappa shape index (κ1) is 20.8. The lowest BCUT2D eigenvalue weighted by atomic mass is 10.2. The van der Waals surface area contributed by atoms with Gasteiger partial charge in [0.2, 0.25) is 0 Å². The van der Waals surface area contributed by atoms with Crippen LogP contribution in [0, 0.1) is 0 Å². The third-order valence-electron chi connectivity index (χ3n) is 7.06. The van der Waals surface area contributed by atoms with Gasteiger partial charge in [0.05, 0.1) is 50.9 Å². The van der Waals surface area contributed by atoms with E-state index in [0.717, 1.165) is 66.8 Å². The van der Waals surface area contributed by atoms with Crippen LogP contribution in [-0.2, 0) is 0 Å². The molecule has 0 N–H and O–H groups in total. The minimum atomic E-state index is 0.839. The number of benzene rings is 2. The first-order chi connectivity index (χ1) is 18.9. The second-order valence-electron chi connectivity index (χ2n) is 9.24. The van der Waals surface area contributed by atoms with Gasteiger partial charge in [0.25, 0.3) is 0 Å². The van der Waals surface area contributed by atoms with E-state index in [1.165, 1.54) is 0 Å². The van der Waals surface area contributed by atoms with Crippen molar-refractivity contribution in [2.45, 2.75) is 0 Å². The lowest BCUT2D eigenvalue weighted by molar-refractivity contribution is 1.13. The quantitative estimate of drug-likeness (QED) is 0.265. The van der Waals surface area contributed by atoms with Gasteiger partial charge in [0.15, 0.2) is 0 Å². The molecule has 0 amide bonds. The fourth-order valence-corrected chi connectivity index (χ4v) is 5.41. The maximum absolute atomic E-state index is 5.26. The van der Waals surface area contributed by atoms with Crippen LogP contribution < -0.4 is 0 Å². The van der Waals surface area contributed by atoms with Gasteiger partial charge in [-0.25, -0.2) is 4.98 Å². The molecule has 0 fully saturated rings. The van der Waals surface area contributed by atoms with E-state index in [2.05, 4.69) is 80.8 Å². The molecule has 6 heterocycles. The smallest absolute Gasteiger partial charge is 0.116 e. The molecule has 0 radical (unpaired) electrons. The van der Waals surface area contributed by atoms with Gasteiger partial charge >= 0.3 is 0 Å². The highest BCUT2D eigenvalue weighted by molar-refractivity contribution is 6.14. The summed E-state index contributed by atoms with van der Waals surface area (Å²) in [5.74, 6) is 0. The molecule has 6 nitrogen and oxygen atoms in total. The molecule has 2 aromatic carbocycles. The summed E-state index contributed by atoms with van der Waals surface area (Å²) in [7, 11) is 0. The van der Waals surface area contributed by atoms with Crippen LogP contribution in [0.1, 0.15) is 0 Å². The summed E-state index contributed by atoms with van der Waals surface area (Å²) in [4.78, 5) is 19.2. The Balaban J connectivity index is 1.45. The minimum Gasteiger partial charge on any atom is -0.306 e. The standard InChI is InChI=1S/C32H20N6/c1-2-9-21(10-3-1)37-27-14-8-18-34-31(27)32-29(37)19-28-30(36-32)23-11-4-5-13-26(23)38(28)22-15-16-25(35-20-22)24-12-6-7-17-33-24/h1-20H. The van der Waals surface area contributed by atoms with Gasteiger partial charge < -0.3 is 9.13 Å². The highest BCUT2D eigenvalue weighted by Crippen LogP contribution is 2.36. The Kier molecular flexibility index (Phi) is 4.42. The summed E-state index contributed by atoms with van der Waals surface area (Å²) in [6.07, 6.45) is 5.53. The first-order valence-corrected chi connectivity index (χ1v) is 12.5. The van der Waals surface area contributed by atoms with Crippen LogP contribution in [0.4, 0.5) is 0 Å². The summed E-state index contributed by atoms with van der Waals surface area (Å²) < 4.78 is 4.49. The highest BCUT2D eigenvalue weighted by Gasteiger charge is 2.20. The van der Waals surface area contributed by atoms with Gasteiger partial charge in [-0.2, -0.15) is 0 Å². The first-order valence-electron chi connectivity index (χ1n) is 12.5. The Labute approximate surface area is 217 Å². The van der Waals surface area contributed by atoms with Gasteiger partial charge in [0.1, 0.15) is 11.0 Å². The molecule has 0 unspecified atom stereocenters. The Morgan fingerprint density at radius 1 is 0.447 bits per heavy atom. The number of fused-ring (bicyclic) bond motifs is 6. The molecule has 0 bridgehead atoms. The van der Waals surface area contributed by atoms with Crippen molar-refractivity contribution in [1.29, 1.82) is 0 Å². The molecule has 0 aliphatic carbocycles. The molecule has 0 saturated heterocycles. The summed E-state index contributed by atoms with van der Waals surface area (Å²) >= 11 is 0.